The molecule has 0 aliphatic rings. The van der Waals surface area contributed by atoms with Crippen molar-refractivity contribution in [1.82, 2.24) is 0 Å². The monoisotopic (exact) mass is 269 g/mol. The highest BCUT2D eigenvalue weighted by Gasteiger charge is 2.06. The molecule has 0 fully saturated rings. The van der Waals surface area contributed by atoms with E-state index in [1.54, 1.807) is 0 Å². The van der Waals surface area contributed by atoms with Crippen LogP contribution in [0.25, 0.3) is 11.1 Å². The molecule has 0 heterocycles. The van der Waals surface area contributed by atoms with Gasteiger partial charge in [0.15, 0.2) is 0 Å². The number of nitrogens with two attached hydrogens (primary N) is 1. The molecule has 0 saturated heterocycles. The molecule has 4 heteroatoms. The first-order valence-corrected chi connectivity index (χ1v) is 6.48. The number of para-hydroxylation sites is 1. The van der Waals surface area contributed by atoms with Crippen molar-refractivity contribution in [2.75, 3.05) is 30.9 Å². The predicted molar refractivity (Wildman–Crippen MR) is 83.9 cm³/mol. The summed E-state index contributed by atoms with van der Waals surface area (Å²) in [6, 6.07) is 16.0. The smallest absolute Gasteiger partial charge is 0.238 e. The summed E-state index contributed by atoms with van der Waals surface area (Å²) in [5.74, 6) is -0.188. The average Bonchev–Trinajstić information content (AvgIpc) is 2.48. The lowest BCUT2D eigenvalue weighted by atomic mass is 10.0. The molecule has 0 aromatic heterocycles. The molecule has 2 rings (SSSR count). The van der Waals surface area contributed by atoms with E-state index in [0.717, 1.165) is 22.5 Å². The largest absolute Gasteiger partial charge is 0.377 e. The van der Waals surface area contributed by atoms with Crippen LogP contribution in [0.15, 0.2) is 48.5 Å². The highest BCUT2D eigenvalue weighted by Crippen LogP contribution is 2.30. The lowest BCUT2D eigenvalue weighted by molar-refractivity contribution is -0.114. The van der Waals surface area contributed by atoms with Gasteiger partial charge in [0, 0.05) is 31.0 Å². The molecule has 0 unspecified atom stereocenters. The Kier molecular flexibility index (Phi) is 4.38. The second-order valence-corrected chi connectivity index (χ2v) is 4.74. The maximum absolute atomic E-state index is 11.2. The van der Waals surface area contributed by atoms with Crippen LogP contribution >= 0.6 is 0 Å². The fourth-order valence-electron chi connectivity index (χ4n) is 2.05. The average molecular weight is 269 g/mol. The van der Waals surface area contributed by atoms with Crippen molar-refractivity contribution in [3.63, 3.8) is 0 Å². The third-order valence-electron chi connectivity index (χ3n) is 3.05. The Balaban J connectivity index is 2.28. The first-order chi connectivity index (χ1) is 9.61. The van der Waals surface area contributed by atoms with E-state index in [9.17, 15) is 4.79 Å². The minimum Gasteiger partial charge on any atom is -0.377 e. The van der Waals surface area contributed by atoms with Gasteiger partial charge in [0.1, 0.15) is 0 Å². The number of nitrogens with zero attached hydrogens (tertiary/aromatic N) is 1. The summed E-state index contributed by atoms with van der Waals surface area (Å²) in [5.41, 5.74) is 9.46. The SMILES string of the molecule is CN(C)c1ccccc1-c1ccc(NC(=O)CN)cc1. The minimum atomic E-state index is -0.188. The molecule has 20 heavy (non-hydrogen) atoms. The van der Waals surface area contributed by atoms with Crippen molar-refractivity contribution < 1.29 is 4.79 Å². The number of hydrogen-bond donors (Lipinski definition) is 2. The van der Waals surface area contributed by atoms with Crippen LogP contribution in [0.3, 0.4) is 0 Å². The maximum Gasteiger partial charge on any atom is 0.238 e. The molecule has 0 aliphatic carbocycles. The van der Waals surface area contributed by atoms with E-state index in [0.29, 0.717) is 0 Å². The van der Waals surface area contributed by atoms with Crippen LogP contribution in [0, 0.1) is 0 Å². The van der Waals surface area contributed by atoms with Crippen molar-refractivity contribution in [3.05, 3.63) is 48.5 Å². The zero-order valence-corrected chi connectivity index (χ0v) is 11.8. The van der Waals surface area contributed by atoms with Gasteiger partial charge in [-0.3, -0.25) is 4.79 Å². The number of carbonyl (C=O) groups excluding carboxylic acids is 1. The van der Waals surface area contributed by atoms with Crippen LogP contribution in [0.5, 0.6) is 0 Å². The fraction of sp³-hybridized carbons (Fsp3) is 0.188. The van der Waals surface area contributed by atoms with E-state index < -0.39 is 0 Å². The molecule has 0 saturated carbocycles. The molecule has 1 amide bonds. The number of carbonyl (C=O) groups is 1. The third kappa shape index (κ3) is 3.16. The molecule has 0 bridgehead atoms. The molecule has 2 aromatic rings. The molecule has 2 aromatic carbocycles. The summed E-state index contributed by atoms with van der Waals surface area (Å²) < 4.78 is 0. The van der Waals surface area contributed by atoms with Crippen LogP contribution in [0.4, 0.5) is 11.4 Å². The Morgan fingerprint density at radius 3 is 2.35 bits per heavy atom. The van der Waals surface area contributed by atoms with Gasteiger partial charge in [-0.05, 0) is 23.8 Å². The molecule has 0 radical (unpaired) electrons. The molecule has 0 spiro atoms. The standard InChI is InChI=1S/C16H19N3O/c1-19(2)15-6-4-3-5-14(15)12-7-9-13(10-8-12)18-16(20)11-17/h3-10H,11,17H2,1-2H3,(H,18,20). The molecular weight excluding hydrogens is 250 g/mol. The molecule has 3 N–H and O–H groups in total. The van der Waals surface area contributed by atoms with Gasteiger partial charge in [-0.15, -0.1) is 0 Å². The van der Waals surface area contributed by atoms with Gasteiger partial charge >= 0.3 is 0 Å². The van der Waals surface area contributed by atoms with Crippen molar-refractivity contribution >= 4 is 17.3 Å². The van der Waals surface area contributed by atoms with Gasteiger partial charge < -0.3 is 16.0 Å². The predicted octanol–water partition coefficient (Wildman–Crippen LogP) is 2.32. The number of anilines is 2. The number of hydrogen-bond acceptors (Lipinski definition) is 3. The van der Waals surface area contributed by atoms with E-state index >= 15 is 0 Å². The summed E-state index contributed by atoms with van der Waals surface area (Å²) in [4.78, 5) is 13.3. The van der Waals surface area contributed by atoms with E-state index in [-0.39, 0.29) is 12.5 Å². The third-order valence-corrected chi connectivity index (χ3v) is 3.05. The van der Waals surface area contributed by atoms with Crippen LogP contribution in [0.1, 0.15) is 0 Å². The highest BCUT2D eigenvalue weighted by molar-refractivity contribution is 5.92. The van der Waals surface area contributed by atoms with Crippen LogP contribution in [-0.4, -0.2) is 26.5 Å². The summed E-state index contributed by atoms with van der Waals surface area (Å²) in [6.07, 6.45) is 0. The fourth-order valence-corrected chi connectivity index (χ4v) is 2.05. The van der Waals surface area contributed by atoms with E-state index in [2.05, 4.69) is 22.3 Å². The number of benzene rings is 2. The Morgan fingerprint density at radius 2 is 1.75 bits per heavy atom. The lowest BCUT2D eigenvalue weighted by Crippen LogP contribution is -2.21. The molecule has 0 aliphatic heterocycles. The summed E-state index contributed by atoms with van der Waals surface area (Å²) >= 11 is 0. The van der Waals surface area contributed by atoms with Crippen molar-refractivity contribution in [1.29, 1.82) is 0 Å². The normalized spacial score (nSPS) is 10.2. The Labute approximate surface area is 119 Å². The zero-order valence-electron chi connectivity index (χ0n) is 11.8. The molecular formula is C16H19N3O. The topological polar surface area (TPSA) is 58.4 Å². The van der Waals surface area contributed by atoms with Crippen LogP contribution < -0.4 is 16.0 Å². The molecule has 4 nitrogen and oxygen atoms in total. The van der Waals surface area contributed by atoms with Gasteiger partial charge in [0.05, 0.1) is 6.54 Å². The van der Waals surface area contributed by atoms with Crippen molar-refractivity contribution in [2.24, 2.45) is 5.73 Å². The number of rotatable bonds is 4. The van der Waals surface area contributed by atoms with Crippen LogP contribution in [-0.2, 0) is 4.79 Å². The Morgan fingerprint density at radius 1 is 1.10 bits per heavy atom. The summed E-state index contributed by atoms with van der Waals surface area (Å²) in [7, 11) is 4.04. The quantitative estimate of drug-likeness (QED) is 0.895. The van der Waals surface area contributed by atoms with Gasteiger partial charge in [0.25, 0.3) is 0 Å². The summed E-state index contributed by atoms with van der Waals surface area (Å²) in [5, 5.41) is 2.73. The second kappa shape index (κ2) is 6.21. The Bertz CT molecular complexity index is 591. The lowest BCUT2D eigenvalue weighted by Gasteiger charge is -2.17. The highest BCUT2D eigenvalue weighted by atomic mass is 16.1. The second-order valence-electron chi connectivity index (χ2n) is 4.74. The summed E-state index contributed by atoms with van der Waals surface area (Å²) in [6.45, 7) is -0.00872. The van der Waals surface area contributed by atoms with Crippen molar-refractivity contribution in [2.45, 2.75) is 0 Å². The first kappa shape index (κ1) is 14.1. The van der Waals surface area contributed by atoms with E-state index in [1.807, 2.05) is 50.5 Å². The van der Waals surface area contributed by atoms with Gasteiger partial charge in [-0.1, -0.05) is 30.3 Å². The van der Waals surface area contributed by atoms with Crippen LogP contribution in [0.2, 0.25) is 0 Å². The maximum atomic E-state index is 11.2. The molecule has 104 valence electrons. The van der Waals surface area contributed by atoms with Gasteiger partial charge in [-0.2, -0.15) is 0 Å². The van der Waals surface area contributed by atoms with Crippen molar-refractivity contribution in [3.8, 4) is 11.1 Å². The first-order valence-electron chi connectivity index (χ1n) is 6.48. The van der Waals surface area contributed by atoms with E-state index in [4.69, 9.17) is 5.73 Å². The van der Waals surface area contributed by atoms with Gasteiger partial charge in [-0.25, -0.2) is 0 Å². The zero-order chi connectivity index (χ0) is 14.5. The number of nitrogens with one attached hydrogen (secondary N) is 1. The number of amides is 1. The molecule has 0 atom stereocenters. The van der Waals surface area contributed by atoms with Gasteiger partial charge in [0.2, 0.25) is 5.91 Å². The minimum absolute atomic E-state index is 0.00872. The van der Waals surface area contributed by atoms with E-state index in [1.165, 1.54) is 0 Å². The Hall–Kier alpha value is -2.33.